The lowest BCUT2D eigenvalue weighted by atomic mass is 10.1. The topological polar surface area (TPSA) is 24.5 Å². The highest BCUT2D eigenvalue weighted by Gasteiger charge is 2.16. The monoisotopic (exact) mass is 238 g/mol. The molecule has 94 valence electrons. The molecule has 1 aromatic rings. The van der Waals surface area contributed by atoms with Crippen LogP contribution < -0.4 is 10.1 Å². The zero-order valence-electron chi connectivity index (χ0n) is 10.2. The van der Waals surface area contributed by atoms with E-state index in [1.165, 1.54) is 0 Å². The molecule has 0 radical (unpaired) electrons. The van der Waals surface area contributed by atoms with Crippen LogP contribution in [0.4, 0.5) is 4.39 Å². The highest BCUT2D eigenvalue weighted by Crippen LogP contribution is 2.21. The fourth-order valence-electron chi connectivity index (χ4n) is 2.04. The van der Waals surface area contributed by atoms with Gasteiger partial charge in [0.05, 0.1) is 7.11 Å². The summed E-state index contributed by atoms with van der Waals surface area (Å²) in [6.45, 7) is 4.24. The molecule has 1 aliphatic rings. The van der Waals surface area contributed by atoms with Crippen LogP contribution in [0.15, 0.2) is 24.3 Å². The van der Waals surface area contributed by atoms with E-state index in [1.807, 2.05) is 0 Å². The second-order valence-corrected chi connectivity index (χ2v) is 4.29. The highest BCUT2D eigenvalue weighted by molar-refractivity contribution is 5.28. The number of benzene rings is 1. The minimum Gasteiger partial charge on any atom is -0.497 e. The first-order valence-corrected chi connectivity index (χ1v) is 6.00. The smallest absolute Gasteiger partial charge is 0.138 e. The average Bonchev–Trinajstić information content (AvgIpc) is 2.40. The summed E-state index contributed by atoms with van der Waals surface area (Å²) in [5.41, 5.74) is 0.726. The summed E-state index contributed by atoms with van der Waals surface area (Å²) >= 11 is 0. The number of nitrogens with one attached hydrogen (secondary N) is 1. The lowest BCUT2D eigenvalue weighted by Gasteiger charge is -2.28. The highest BCUT2D eigenvalue weighted by atomic mass is 19.1. The lowest BCUT2D eigenvalue weighted by Crippen LogP contribution is -2.44. The Morgan fingerprint density at radius 3 is 2.53 bits per heavy atom. The van der Waals surface area contributed by atoms with Gasteiger partial charge in [-0.2, -0.15) is 0 Å². The van der Waals surface area contributed by atoms with Gasteiger partial charge in [-0.25, -0.2) is 4.39 Å². The number of hydrogen-bond donors (Lipinski definition) is 1. The molecule has 1 saturated heterocycles. The maximum atomic E-state index is 14.1. The zero-order valence-corrected chi connectivity index (χ0v) is 10.2. The van der Waals surface area contributed by atoms with Crippen LogP contribution in [0.25, 0.3) is 0 Å². The molecule has 1 N–H and O–H groups in total. The molecule has 0 amide bonds. The van der Waals surface area contributed by atoms with Gasteiger partial charge in [0.1, 0.15) is 11.9 Å². The van der Waals surface area contributed by atoms with E-state index in [2.05, 4.69) is 10.2 Å². The number of halogens is 1. The van der Waals surface area contributed by atoms with Crippen molar-refractivity contribution in [2.24, 2.45) is 0 Å². The lowest BCUT2D eigenvalue weighted by molar-refractivity contribution is 0.175. The summed E-state index contributed by atoms with van der Waals surface area (Å²) in [6.07, 6.45) is -0.918. The Bertz CT molecular complexity index is 336. The van der Waals surface area contributed by atoms with Crippen LogP contribution in [-0.2, 0) is 0 Å². The summed E-state index contributed by atoms with van der Waals surface area (Å²) in [5, 5.41) is 3.26. The SMILES string of the molecule is COc1ccc(C(F)CN2CCNCC2)cc1. The first-order valence-electron chi connectivity index (χ1n) is 6.00. The van der Waals surface area contributed by atoms with Crippen LogP contribution in [0.3, 0.4) is 0 Å². The fourth-order valence-corrected chi connectivity index (χ4v) is 2.04. The van der Waals surface area contributed by atoms with Gasteiger partial charge in [0.15, 0.2) is 0 Å². The van der Waals surface area contributed by atoms with Crippen LogP contribution in [0, 0.1) is 0 Å². The Morgan fingerprint density at radius 2 is 1.94 bits per heavy atom. The van der Waals surface area contributed by atoms with Gasteiger partial charge >= 0.3 is 0 Å². The molecule has 17 heavy (non-hydrogen) atoms. The Hall–Kier alpha value is -1.13. The van der Waals surface area contributed by atoms with Crippen molar-refractivity contribution in [1.82, 2.24) is 10.2 Å². The molecule has 0 aromatic heterocycles. The summed E-state index contributed by atoms with van der Waals surface area (Å²) in [5.74, 6) is 0.767. The van der Waals surface area contributed by atoms with E-state index in [1.54, 1.807) is 31.4 Å². The molecule has 0 spiro atoms. The van der Waals surface area contributed by atoms with Crippen LogP contribution in [0.1, 0.15) is 11.7 Å². The zero-order chi connectivity index (χ0) is 12.1. The van der Waals surface area contributed by atoms with E-state index in [-0.39, 0.29) is 0 Å². The van der Waals surface area contributed by atoms with Gasteiger partial charge < -0.3 is 10.1 Å². The van der Waals surface area contributed by atoms with Crippen LogP contribution >= 0.6 is 0 Å². The summed E-state index contributed by atoms with van der Waals surface area (Å²) in [7, 11) is 1.61. The van der Waals surface area contributed by atoms with Gasteiger partial charge in [0.2, 0.25) is 0 Å². The van der Waals surface area contributed by atoms with Crippen LogP contribution in [0.5, 0.6) is 5.75 Å². The number of piperazine rings is 1. The Morgan fingerprint density at radius 1 is 1.29 bits per heavy atom. The van der Waals surface area contributed by atoms with Gasteiger partial charge in [-0.3, -0.25) is 4.90 Å². The van der Waals surface area contributed by atoms with E-state index in [4.69, 9.17) is 4.74 Å². The number of alkyl halides is 1. The normalized spacial score (nSPS) is 18.9. The quantitative estimate of drug-likeness (QED) is 0.862. The van der Waals surface area contributed by atoms with E-state index in [9.17, 15) is 4.39 Å². The molecule has 0 saturated carbocycles. The van der Waals surface area contributed by atoms with E-state index < -0.39 is 6.17 Å². The number of rotatable bonds is 4. The van der Waals surface area contributed by atoms with Crippen molar-refractivity contribution in [3.05, 3.63) is 29.8 Å². The van der Waals surface area contributed by atoms with Crippen molar-refractivity contribution in [2.45, 2.75) is 6.17 Å². The van der Waals surface area contributed by atoms with Gasteiger partial charge in [-0.1, -0.05) is 12.1 Å². The third kappa shape index (κ3) is 3.41. The molecule has 1 fully saturated rings. The molecule has 1 atom stereocenters. The van der Waals surface area contributed by atoms with Crippen molar-refractivity contribution in [3.63, 3.8) is 0 Å². The maximum Gasteiger partial charge on any atom is 0.138 e. The average molecular weight is 238 g/mol. The number of methoxy groups -OCH3 is 1. The van der Waals surface area contributed by atoms with Crippen LogP contribution in [-0.4, -0.2) is 44.7 Å². The Balaban J connectivity index is 1.91. The van der Waals surface area contributed by atoms with Crippen molar-refractivity contribution in [1.29, 1.82) is 0 Å². The number of nitrogens with zero attached hydrogens (tertiary/aromatic N) is 1. The third-order valence-electron chi connectivity index (χ3n) is 3.11. The second-order valence-electron chi connectivity index (χ2n) is 4.29. The summed E-state index contributed by atoms with van der Waals surface area (Å²) in [4.78, 5) is 2.16. The molecule has 0 bridgehead atoms. The molecule has 1 unspecified atom stereocenters. The molecule has 1 aromatic carbocycles. The minimum atomic E-state index is -0.918. The van der Waals surface area contributed by atoms with Crippen LogP contribution in [0.2, 0.25) is 0 Å². The van der Waals surface area contributed by atoms with Gasteiger partial charge in [0.25, 0.3) is 0 Å². The van der Waals surface area contributed by atoms with Crippen molar-refractivity contribution in [2.75, 3.05) is 39.8 Å². The first kappa shape index (κ1) is 12.3. The number of ether oxygens (including phenoxy) is 1. The Labute approximate surface area is 102 Å². The predicted molar refractivity (Wildman–Crippen MR) is 66.2 cm³/mol. The van der Waals surface area contributed by atoms with Crippen molar-refractivity contribution >= 4 is 0 Å². The standard InChI is InChI=1S/C13H19FN2O/c1-17-12-4-2-11(3-5-12)13(14)10-16-8-6-15-7-9-16/h2-5,13,15H,6-10H2,1H3. The molecule has 3 nitrogen and oxygen atoms in total. The van der Waals surface area contributed by atoms with Gasteiger partial charge in [-0.05, 0) is 17.7 Å². The first-order chi connectivity index (χ1) is 8.29. The molecular formula is C13H19FN2O. The molecule has 1 heterocycles. The van der Waals surface area contributed by atoms with Crippen molar-refractivity contribution < 1.29 is 9.13 Å². The van der Waals surface area contributed by atoms with Crippen molar-refractivity contribution in [3.8, 4) is 5.75 Å². The minimum absolute atomic E-state index is 0.480. The molecule has 2 rings (SSSR count). The molecule has 0 aliphatic carbocycles. The largest absolute Gasteiger partial charge is 0.497 e. The van der Waals surface area contributed by atoms with E-state index in [0.29, 0.717) is 6.54 Å². The van der Waals surface area contributed by atoms with E-state index in [0.717, 1.165) is 37.5 Å². The molecular weight excluding hydrogens is 219 g/mol. The fraction of sp³-hybridized carbons (Fsp3) is 0.538. The summed E-state index contributed by atoms with van der Waals surface area (Å²) in [6, 6.07) is 7.21. The predicted octanol–water partition coefficient (Wildman–Crippen LogP) is 1.61. The number of hydrogen-bond acceptors (Lipinski definition) is 3. The molecule has 1 aliphatic heterocycles. The second kappa shape index (κ2) is 5.98. The Kier molecular flexibility index (Phi) is 4.34. The molecule has 4 heteroatoms. The van der Waals surface area contributed by atoms with Gasteiger partial charge in [0, 0.05) is 32.7 Å². The third-order valence-corrected chi connectivity index (χ3v) is 3.11. The maximum absolute atomic E-state index is 14.1. The van der Waals surface area contributed by atoms with E-state index >= 15 is 0 Å². The summed E-state index contributed by atoms with van der Waals surface area (Å²) < 4.78 is 19.1. The van der Waals surface area contributed by atoms with Gasteiger partial charge in [-0.15, -0.1) is 0 Å².